The first-order valence-electron chi connectivity index (χ1n) is 11.8. The van der Waals surface area contributed by atoms with Crippen LogP contribution in [0.3, 0.4) is 0 Å². The molecule has 0 spiro atoms. The van der Waals surface area contributed by atoms with E-state index in [1.807, 2.05) is 20.8 Å². The van der Waals surface area contributed by atoms with Gasteiger partial charge in [-0.1, -0.05) is 11.6 Å². The topological polar surface area (TPSA) is 83.9 Å². The smallest absolute Gasteiger partial charge is 0.429 e. The summed E-state index contributed by atoms with van der Waals surface area (Å²) >= 11 is 5.96. The van der Waals surface area contributed by atoms with Crippen LogP contribution < -0.4 is 9.75 Å². The van der Waals surface area contributed by atoms with Gasteiger partial charge < -0.3 is 14.4 Å². The van der Waals surface area contributed by atoms with Crippen LogP contribution in [0, 0.1) is 5.82 Å². The van der Waals surface area contributed by atoms with Crippen molar-refractivity contribution in [2.24, 2.45) is 0 Å². The predicted molar refractivity (Wildman–Crippen MR) is 128 cm³/mol. The number of amides is 1. The maximum absolute atomic E-state index is 15.0. The summed E-state index contributed by atoms with van der Waals surface area (Å²) < 4.78 is 26.6. The minimum Gasteiger partial charge on any atom is -0.462 e. The molecule has 11 heteroatoms. The molecule has 2 aromatic rings. The maximum atomic E-state index is 15.0. The fourth-order valence-corrected chi connectivity index (χ4v) is 4.43. The molecule has 1 amide bonds. The van der Waals surface area contributed by atoms with E-state index in [1.165, 1.54) is 11.2 Å². The number of hydrogen-bond donors (Lipinski definition) is 0. The molecule has 186 valence electrons. The normalized spacial score (nSPS) is 20.0. The van der Waals surface area contributed by atoms with Gasteiger partial charge in [-0.05, 0) is 66.5 Å². The van der Waals surface area contributed by atoms with Crippen molar-refractivity contribution in [2.75, 3.05) is 38.3 Å². The number of fused-ring (bicyclic) bond motifs is 1. The Labute approximate surface area is 204 Å². The summed E-state index contributed by atoms with van der Waals surface area (Å²) in [6.45, 7) is 7.80. The highest BCUT2D eigenvalue weighted by Gasteiger charge is 2.32. The predicted octanol–water partition coefficient (Wildman–Crippen LogP) is 4.43. The second kappa shape index (κ2) is 10.0. The number of carbonyl (C=O) groups is 1. The van der Waals surface area contributed by atoms with Crippen LogP contribution >= 0.6 is 11.6 Å². The first-order valence-corrected chi connectivity index (χ1v) is 12.1. The lowest BCUT2D eigenvalue weighted by atomic mass is 10.2. The van der Waals surface area contributed by atoms with Gasteiger partial charge in [0.25, 0.3) is 0 Å². The van der Waals surface area contributed by atoms with Crippen LogP contribution in [0.5, 0.6) is 6.01 Å². The molecule has 2 fully saturated rings. The molecule has 0 saturated carbocycles. The van der Waals surface area contributed by atoms with Gasteiger partial charge in [-0.25, -0.2) is 19.2 Å². The fraction of sp³-hybridized carbons (Fsp3) is 0.652. The van der Waals surface area contributed by atoms with E-state index in [1.54, 1.807) is 5.01 Å². The van der Waals surface area contributed by atoms with E-state index in [2.05, 4.69) is 26.9 Å². The van der Waals surface area contributed by atoms with E-state index >= 15 is 4.39 Å². The average Bonchev–Trinajstić information content (AvgIpc) is 3.03. The largest absolute Gasteiger partial charge is 0.462 e. The lowest BCUT2D eigenvalue weighted by molar-refractivity contribution is 0.0232. The minimum atomic E-state index is -0.746. The van der Waals surface area contributed by atoms with Crippen molar-refractivity contribution in [1.29, 1.82) is 0 Å². The van der Waals surface area contributed by atoms with Crippen LogP contribution in [0.15, 0.2) is 6.20 Å². The van der Waals surface area contributed by atoms with Gasteiger partial charge in [0.2, 0.25) is 0 Å². The number of nitrogens with zero attached hydrogens (tertiary/aromatic N) is 6. The molecule has 2 aromatic heterocycles. The Morgan fingerprint density at radius 3 is 2.65 bits per heavy atom. The number of anilines is 1. The van der Waals surface area contributed by atoms with Crippen LogP contribution in [0.25, 0.3) is 10.9 Å². The van der Waals surface area contributed by atoms with Crippen molar-refractivity contribution in [1.82, 2.24) is 24.9 Å². The highest BCUT2D eigenvalue weighted by atomic mass is 35.5. The standard InChI is InChI=1S/C23H32ClFN6O3/c1-23(2,3)34-22(32)31-12-7-5-6-11-30(31)20-16-13-26-19(24)17(25)18(16)27-21(28-20)33-14-15-9-8-10-29(15)4/h13,15H,5-12,14H2,1-4H3/t15-/m0/s1. The third-order valence-corrected chi connectivity index (χ3v) is 6.32. The molecule has 0 N–H and O–H groups in total. The summed E-state index contributed by atoms with van der Waals surface area (Å²) in [6.07, 6.45) is 5.64. The van der Waals surface area contributed by atoms with Gasteiger partial charge in [-0.2, -0.15) is 9.97 Å². The third-order valence-electron chi connectivity index (χ3n) is 6.06. The first kappa shape index (κ1) is 24.7. The highest BCUT2D eigenvalue weighted by Crippen LogP contribution is 2.32. The third kappa shape index (κ3) is 5.43. The van der Waals surface area contributed by atoms with Crippen molar-refractivity contribution in [2.45, 2.75) is 64.5 Å². The van der Waals surface area contributed by atoms with E-state index in [0.29, 0.717) is 30.9 Å². The van der Waals surface area contributed by atoms with Crippen molar-refractivity contribution in [3.63, 3.8) is 0 Å². The van der Waals surface area contributed by atoms with Gasteiger partial charge >= 0.3 is 12.1 Å². The zero-order chi connectivity index (χ0) is 24.5. The number of carbonyl (C=O) groups excluding carboxylic acids is 1. The van der Waals surface area contributed by atoms with E-state index in [9.17, 15) is 4.79 Å². The van der Waals surface area contributed by atoms with Gasteiger partial charge in [0, 0.05) is 25.3 Å². The van der Waals surface area contributed by atoms with Crippen LogP contribution in [0.4, 0.5) is 15.0 Å². The Hall–Kier alpha value is -2.46. The molecule has 2 aliphatic heterocycles. The second-order valence-electron chi connectivity index (χ2n) is 9.83. The molecule has 0 unspecified atom stereocenters. The molecule has 4 rings (SSSR count). The monoisotopic (exact) mass is 494 g/mol. The second-order valence-corrected chi connectivity index (χ2v) is 10.2. The minimum absolute atomic E-state index is 0.00756. The van der Waals surface area contributed by atoms with E-state index in [4.69, 9.17) is 21.1 Å². The van der Waals surface area contributed by atoms with Gasteiger partial charge in [-0.15, -0.1) is 0 Å². The molecule has 0 aromatic carbocycles. The van der Waals surface area contributed by atoms with Crippen molar-refractivity contribution in [3.8, 4) is 6.01 Å². The number of pyridine rings is 1. The Balaban J connectivity index is 1.74. The number of halogens is 2. The van der Waals surface area contributed by atoms with Crippen molar-refractivity contribution in [3.05, 3.63) is 17.2 Å². The summed E-state index contributed by atoms with van der Waals surface area (Å²) in [6, 6.07) is 0.280. The molecule has 1 atom stereocenters. The molecule has 9 nitrogen and oxygen atoms in total. The summed E-state index contributed by atoms with van der Waals surface area (Å²) in [7, 11) is 2.05. The van der Waals surface area contributed by atoms with Crippen molar-refractivity contribution >= 4 is 34.4 Å². The molecule has 2 aliphatic rings. The Bertz CT molecular complexity index is 1050. The van der Waals surface area contributed by atoms with E-state index < -0.39 is 17.5 Å². The van der Waals surface area contributed by atoms with Gasteiger partial charge in [0.15, 0.2) is 16.8 Å². The fourth-order valence-electron chi connectivity index (χ4n) is 4.29. The van der Waals surface area contributed by atoms with E-state index in [0.717, 1.165) is 38.6 Å². The molecule has 2 saturated heterocycles. The van der Waals surface area contributed by atoms with Gasteiger partial charge in [0.05, 0.1) is 5.39 Å². The van der Waals surface area contributed by atoms with Crippen LogP contribution in [0.2, 0.25) is 5.15 Å². The SMILES string of the molecule is CN1CCC[C@H]1COc1nc(N2CCCCCN2C(=O)OC(C)(C)C)c2cnc(Cl)c(F)c2n1. The molecule has 0 aliphatic carbocycles. The van der Waals surface area contributed by atoms with Crippen LogP contribution in [-0.4, -0.2) is 75.9 Å². The highest BCUT2D eigenvalue weighted by molar-refractivity contribution is 6.30. The van der Waals surface area contributed by atoms with Gasteiger partial charge in [-0.3, -0.25) is 5.01 Å². The number of rotatable bonds is 4. The zero-order valence-electron chi connectivity index (χ0n) is 20.2. The summed E-state index contributed by atoms with van der Waals surface area (Å²) in [5.41, 5.74) is -0.654. The zero-order valence-corrected chi connectivity index (χ0v) is 20.9. The lowest BCUT2D eigenvalue weighted by Gasteiger charge is -2.35. The molecule has 0 radical (unpaired) electrons. The van der Waals surface area contributed by atoms with E-state index in [-0.39, 0.29) is 22.7 Å². The molecule has 34 heavy (non-hydrogen) atoms. The number of likely N-dealkylation sites (tertiary alicyclic amines) is 1. The molecular weight excluding hydrogens is 463 g/mol. The average molecular weight is 495 g/mol. The number of likely N-dealkylation sites (N-methyl/N-ethyl adjacent to an activating group) is 1. The Morgan fingerprint density at radius 2 is 1.94 bits per heavy atom. The first-order chi connectivity index (χ1) is 16.1. The number of hydrazine groups is 1. The summed E-state index contributed by atoms with van der Waals surface area (Å²) in [4.78, 5) is 28.2. The number of aromatic nitrogens is 3. The van der Waals surface area contributed by atoms with Gasteiger partial charge in [0.1, 0.15) is 17.7 Å². The maximum Gasteiger partial charge on any atom is 0.429 e. The van der Waals surface area contributed by atoms with Crippen LogP contribution in [0.1, 0.15) is 52.9 Å². The van der Waals surface area contributed by atoms with Crippen LogP contribution in [-0.2, 0) is 4.74 Å². The molecular formula is C23H32ClFN6O3. The molecule has 0 bridgehead atoms. The van der Waals surface area contributed by atoms with Crippen molar-refractivity contribution < 1.29 is 18.7 Å². The molecule has 4 heterocycles. The summed E-state index contributed by atoms with van der Waals surface area (Å²) in [5, 5.41) is 3.33. The number of hydrogen-bond acceptors (Lipinski definition) is 8. The number of ether oxygens (including phenoxy) is 2. The lowest BCUT2D eigenvalue weighted by Crippen LogP contribution is -2.49. The Kier molecular flexibility index (Phi) is 7.28. The quantitative estimate of drug-likeness (QED) is 0.577. The summed E-state index contributed by atoms with van der Waals surface area (Å²) in [5.74, 6) is -0.403. The Morgan fingerprint density at radius 1 is 1.18 bits per heavy atom.